The largest absolute Gasteiger partial charge is 0.273 e. The Hall–Kier alpha value is -2.30. The van der Waals surface area contributed by atoms with Crippen molar-refractivity contribution in [3.8, 4) is 6.07 Å². The van der Waals surface area contributed by atoms with Crippen LogP contribution in [-0.2, 0) is 20.6 Å². The zero-order valence-corrected chi connectivity index (χ0v) is 14.7. The lowest BCUT2D eigenvalue weighted by Gasteiger charge is -2.07. The van der Waals surface area contributed by atoms with Gasteiger partial charge in [0.1, 0.15) is 0 Å². The molecule has 0 atom stereocenters. The number of aryl methyl sites for hydroxylation is 1. The van der Waals surface area contributed by atoms with Crippen molar-refractivity contribution in [2.75, 3.05) is 5.75 Å². The van der Waals surface area contributed by atoms with Crippen molar-refractivity contribution in [1.29, 1.82) is 5.26 Å². The first kappa shape index (κ1) is 18.0. The van der Waals surface area contributed by atoms with Gasteiger partial charge in [0.25, 0.3) is 10.0 Å². The number of amides is 1. The lowest BCUT2D eigenvalue weighted by molar-refractivity contribution is -0.116. The molecule has 2 aromatic carbocycles. The van der Waals surface area contributed by atoms with Gasteiger partial charge in [-0.1, -0.05) is 29.8 Å². The minimum Gasteiger partial charge on any atom is -0.273 e. The van der Waals surface area contributed by atoms with Gasteiger partial charge in [-0.2, -0.15) is 5.26 Å². The van der Waals surface area contributed by atoms with Crippen LogP contribution in [0, 0.1) is 18.3 Å². The second-order valence-electron chi connectivity index (χ2n) is 5.15. The molecular weight excluding hydrogens is 344 g/mol. The Morgan fingerprint density at radius 3 is 2.58 bits per heavy atom. The normalized spacial score (nSPS) is 10.8. The van der Waals surface area contributed by atoms with Crippen LogP contribution in [0.5, 0.6) is 0 Å². The van der Waals surface area contributed by atoms with Crippen LogP contribution in [0.15, 0.2) is 53.4 Å². The molecule has 5 nitrogen and oxygen atoms in total. The fraction of sp³-hybridized carbons (Fsp3) is 0.176. The van der Waals surface area contributed by atoms with Crippen LogP contribution in [0.1, 0.15) is 16.7 Å². The first-order valence-corrected chi connectivity index (χ1v) is 9.73. The molecule has 0 bridgehead atoms. The highest BCUT2D eigenvalue weighted by Gasteiger charge is 2.17. The maximum atomic E-state index is 12.1. The predicted octanol–water partition coefficient (Wildman–Crippen LogP) is 2.61. The SMILES string of the molecule is Cc1ccc(S(=O)(=O)NC(=O)CSCc2cccc(C#N)c2)cc1. The van der Waals surface area contributed by atoms with Gasteiger partial charge in [-0.3, -0.25) is 4.79 Å². The van der Waals surface area contributed by atoms with Gasteiger partial charge in [0.2, 0.25) is 5.91 Å². The van der Waals surface area contributed by atoms with E-state index < -0.39 is 15.9 Å². The monoisotopic (exact) mass is 360 g/mol. The van der Waals surface area contributed by atoms with Gasteiger partial charge in [0.15, 0.2) is 0 Å². The molecule has 2 aromatic rings. The second-order valence-corrected chi connectivity index (χ2v) is 7.81. The molecule has 0 saturated heterocycles. The molecule has 1 amide bonds. The van der Waals surface area contributed by atoms with Gasteiger partial charge < -0.3 is 0 Å². The van der Waals surface area contributed by atoms with Crippen molar-refractivity contribution in [2.45, 2.75) is 17.6 Å². The molecule has 0 radical (unpaired) electrons. The lowest BCUT2D eigenvalue weighted by atomic mass is 10.2. The molecule has 0 aliphatic carbocycles. The standard InChI is InChI=1S/C17H16N2O3S2/c1-13-5-7-16(8-6-13)24(21,22)19-17(20)12-23-11-15-4-2-3-14(9-15)10-18/h2-9H,11-12H2,1H3,(H,19,20). The molecule has 0 unspecified atom stereocenters. The average Bonchev–Trinajstić information content (AvgIpc) is 2.55. The minimum atomic E-state index is -3.84. The Labute approximate surface area is 145 Å². The highest BCUT2D eigenvalue weighted by atomic mass is 32.2. The Morgan fingerprint density at radius 1 is 1.21 bits per heavy atom. The van der Waals surface area contributed by atoms with Crippen molar-refractivity contribution in [3.05, 3.63) is 65.2 Å². The Bertz CT molecular complexity index is 869. The van der Waals surface area contributed by atoms with E-state index in [0.29, 0.717) is 11.3 Å². The minimum absolute atomic E-state index is 0.0157. The number of nitrogens with zero attached hydrogens (tertiary/aromatic N) is 1. The fourth-order valence-electron chi connectivity index (χ4n) is 1.95. The quantitative estimate of drug-likeness (QED) is 0.855. The molecule has 0 heterocycles. The molecule has 0 saturated carbocycles. The summed E-state index contributed by atoms with van der Waals surface area (Å²) in [5, 5.41) is 8.84. The highest BCUT2D eigenvalue weighted by molar-refractivity contribution is 7.99. The van der Waals surface area contributed by atoms with Crippen LogP contribution in [0.2, 0.25) is 0 Å². The van der Waals surface area contributed by atoms with E-state index in [0.717, 1.165) is 11.1 Å². The summed E-state index contributed by atoms with van der Waals surface area (Å²) < 4.78 is 26.2. The molecule has 1 N–H and O–H groups in total. The smallest absolute Gasteiger partial charge is 0.264 e. The van der Waals surface area contributed by atoms with Crippen LogP contribution >= 0.6 is 11.8 Å². The molecule has 0 aliphatic rings. The number of hydrogen-bond donors (Lipinski definition) is 1. The van der Waals surface area contributed by atoms with Gasteiger partial charge in [0, 0.05) is 5.75 Å². The summed E-state index contributed by atoms with van der Waals surface area (Å²) in [6.45, 7) is 1.85. The first-order valence-electron chi connectivity index (χ1n) is 7.10. The van der Waals surface area contributed by atoms with Crippen molar-refractivity contribution >= 4 is 27.7 Å². The third-order valence-corrected chi connectivity index (χ3v) is 5.53. The van der Waals surface area contributed by atoms with Crippen molar-refractivity contribution in [2.24, 2.45) is 0 Å². The van der Waals surface area contributed by atoms with Crippen LogP contribution < -0.4 is 4.72 Å². The van der Waals surface area contributed by atoms with E-state index in [1.165, 1.54) is 23.9 Å². The van der Waals surface area contributed by atoms with E-state index in [1.54, 1.807) is 30.3 Å². The zero-order chi connectivity index (χ0) is 17.6. The highest BCUT2D eigenvalue weighted by Crippen LogP contribution is 2.14. The van der Waals surface area contributed by atoms with E-state index in [-0.39, 0.29) is 10.6 Å². The van der Waals surface area contributed by atoms with Crippen LogP contribution in [0.4, 0.5) is 0 Å². The summed E-state index contributed by atoms with van der Waals surface area (Å²) in [7, 11) is -3.84. The van der Waals surface area contributed by atoms with Crippen molar-refractivity contribution < 1.29 is 13.2 Å². The summed E-state index contributed by atoms with van der Waals surface area (Å²) in [4.78, 5) is 11.9. The third kappa shape index (κ3) is 5.11. The summed E-state index contributed by atoms with van der Waals surface area (Å²) in [6.07, 6.45) is 0. The maximum Gasteiger partial charge on any atom is 0.264 e. The molecule has 124 valence electrons. The zero-order valence-electron chi connectivity index (χ0n) is 13.0. The predicted molar refractivity (Wildman–Crippen MR) is 93.8 cm³/mol. The summed E-state index contributed by atoms with van der Waals surface area (Å²) in [6, 6.07) is 15.4. The third-order valence-electron chi connectivity index (χ3n) is 3.14. The molecule has 0 aromatic heterocycles. The van der Waals surface area contributed by atoms with Gasteiger partial charge in [-0.15, -0.1) is 11.8 Å². The topological polar surface area (TPSA) is 87.0 Å². The Kier molecular flexibility index (Phi) is 6.01. The molecule has 2 rings (SSSR count). The molecule has 0 spiro atoms. The fourth-order valence-corrected chi connectivity index (χ4v) is 3.80. The van der Waals surface area contributed by atoms with Crippen molar-refractivity contribution in [1.82, 2.24) is 4.72 Å². The van der Waals surface area contributed by atoms with Crippen LogP contribution in [0.25, 0.3) is 0 Å². The number of nitriles is 1. The second kappa shape index (κ2) is 7.99. The molecule has 0 aliphatic heterocycles. The summed E-state index contributed by atoms with van der Waals surface area (Å²) >= 11 is 1.29. The Morgan fingerprint density at radius 2 is 1.92 bits per heavy atom. The average molecular weight is 360 g/mol. The Balaban J connectivity index is 1.88. The number of thioether (sulfide) groups is 1. The number of benzene rings is 2. The van der Waals surface area contributed by atoms with E-state index in [9.17, 15) is 13.2 Å². The van der Waals surface area contributed by atoms with Gasteiger partial charge in [-0.25, -0.2) is 13.1 Å². The van der Waals surface area contributed by atoms with E-state index in [2.05, 4.69) is 10.8 Å². The molecule has 7 heteroatoms. The van der Waals surface area contributed by atoms with Crippen molar-refractivity contribution in [3.63, 3.8) is 0 Å². The van der Waals surface area contributed by atoms with Crippen LogP contribution in [-0.4, -0.2) is 20.1 Å². The number of nitrogens with one attached hydrogen (secondary N) is 1. The van der Waals surface area contributed by atoms with E-state index >= 15 is 0 Å². The number of rotatable bonds is 6. The molecular formula is C17H16N2O3S2. The van der Waals surface area contributed by atoms with Crippen LogP contribution in [0.3, 0.4) is 0 Å². The number of hydrogen-bond acceptors (Lipinski definition) is 5. The summed E-state index contributed by atoms with van der Waals surface area (Å²) in [5.74, 6) is -0.0351. The first-order chi connectivity index (χ1) is 11.4. The number of carbonyl (C=O) groups excluding carboxylic acids is 1. The number of sulfonamides is 1. The van der Waals surface area contributed by atoms with Gasteiger partial charge in [-0.05, 0) is 36.8 Å². The molecule has 0 fully saturated rings. The van der Waals surface area contributed by atoms with E-state index in [4.69, 9.17) is 5.26 Å². The summed E-state index contributed by atoms with van der Waals surface area (Å²) in [5.41, 5.74) is 2.41. The number of carbonyl (C=O) groups is 1. The lowest BCUT2D eigenvalue weighted by Crippen LogP contribution is -2.31. The van der Waals surface area contributed by atoms with Gasteiger partial charge in [0.05, 0.1) is 22.3 Å². The maximum absolute atomic E-state index is 12.1. The van der Waals surface area contributed by atoms with E-state index in [1.807, 2.05) is 13.0 Å². The molecule has 24 heavy (non-hydrogen) atoms. The van der Waals surface area contributed by atoms with Gasteiger partial charge >= 0.3 is 0 Å².